The Morgan fingerprint density at radius 3 is 2.56 bits per heavy atom. The summed E-state index contributed by atoms with van der Waals surface area (Å²) in [5.41, 5.74) is 1.07. The van der Waals surface area contributed by atoms with E-state index in [0.29, 0.717) is 0 Å². The second-order valence-electron chi connectivity index (χ2n) is 1.83. The van der Waals surface area contributed by atoms with Crippen molar-refractivity contribution in [3.63, 3.8) is 0 Å². The van der Waals surface area contributed by atoms with Crippen LogP contribution in [0, 0.1) is 6.92 Å². The van der Waals surface area contributed by atoms with Gasteiger partial charge >= 0.3 is 0 Å². The van der Waals surface area contributed by atoms with Crippen LogP contribution in [0.1, 0.15) is 4.88 Å². The van der Waals surface area contributed by atoms with Gasteiger partial charge in [0.15, 0.2) is 7.85 Å². The van der Waals surface area contributed by atoms with E-state index in [0.717, 1.165) is 10.8 Å². The lowest BCUT2D eigenvalue weighted by Gasteiger charge is -1.85. The number of aromatic nitrogens is 1. The molecular formula is C5H8BNOS. The molecule has 0 N–H and O–H groups in total. The summed E-state index contributed by atoms with van der Waals surface area (Å²) in [6, 6.07) is 0. The molecule has 48 valence electrons. The molecule has 0 aromatic carbocycles. The maximum Gasteiger partial charge on any atom is 0.272 e. The minimum absolute atomic E-state index is 0.755. The van der Waals surface area contributed by atoms with E-state index in [-0.39, 0.29) is 0 Å². The number of ether oxygens (including phenoxy) is 1. The third-order valence-corrected chi connectivity index (χ3v) is 2.22. The molecule has 1 heterocycles. The van der Waals surface area contributed by atoms with Gasteiger partial charge in [0, 0.05) is 10.5 Å². The van der Waals surface area contributed by atoms with E-state index in [1.54, 1.807) is 18.4 Å². The van der Waals surface area contributed by atoms with Crippen LogP contribution < -0.4 is 10.3 Å². The van der Waals surface area contributed by atoms with Crippen molar-refractivity contribution in [2.75, 3.05) is 7.11 Å². The molecule has 0 bridgehead atoms. The van der Waals surface area contributed by atoms with Crippen molar-refractivity contribution >= 4 is 24.8 Å². The number of hydrogen-bond donors (Lipinski definition) is 0. The van der Waals surface area contributed by atoms with Gasteiger partial charge in [0.2, 0.25) is 0 Å². The summed E-state index contributed by atoms with van der Waals surface area (Å²) in [7, 11) is 3.62. The number of thiazole rings is 1. The zero-order valence-corrected chi connectivity index (χ0v) is 6.58. The van der Waals surface area contributed by atoms with Gasteiger partial charge in [0.1, 0.15) is 0 Å². The highest BCUT2D eigenvalue weighted by molar-refractivity contribution is 7.14. The van der Waals surface area contributed by atoms with E-state index in [1.807, 2.05) is 14.8 Å². The monoisotopic (exact) mass is 141 g/mol. The number of aryl methyl sites for hydroxylation is 1. The molecule has 0 atom stereocenters. The second-order valence-corrected chi connectivity index (χ2v) is 2.99. The number of methoxy groups -OCH3 is 1. The van der Waals surface area contributed by atoms with Gasteiger partial charge in [-0.25, -0.2) is 4.98 Å². The number of nitrogens with zero attached hydrogens (tertiary/aromatic N) is 1. The molecule has 0 saturated heterocycles. The molecular weight excluding hydrogens is 133 g/mol. The van der Waals surface area contributed by atoms with Crippen molar-refractivity contribution in [2.24, 2.45) is 0 Å². The average molecular weight is 141 g/mol. The van der Waals surface area contributed by atoms with E-state index < -0.39 is 0 Å². The van der Waals surface area contributed by atoms with E-state index in [2.05, 4.69) is 4.98 Å². The topological polar surface area (TPSA) is 22.1 Å². The van der Waals surface area contributed by atoms with Gasteiger partial charge in [-0.1, -0.05) is 11.3 Å². The summed E-state index contributed by atoms with van der Waals surface area (Å²) < 4.78 is 4.92. The Hall–Kier alpha value is -0.505. The standard InChI is InChI=1S/C5H8BNOS/c1-3-4(6)7-5(8-2)9-3/h6H2,1-2H3. The Bertz CT molecular complexity index is 191. The highest BCUT2D eigenvalue weighted by Crippen LogP contribution is 2.15. The lowest BCUT2D eigenvalue weighted by molar-refractivity contribution is 0.412. The normalized spacial score (nSPS) is 9.56. The predicted molar refractivity (Wildman–Crippen MR) is 41.6 cm³/mol. The molecule has 0 aliphatic rings. The quantitative estimate of drug-likeness (QED) is 0.501. The van der Waals surface area contributed by atoms with E-state index in [4.69, 9.17) is 4.74 Å². The van der Waals surface area contributed by atoms with Gasteiger partial charge < -0.3 is 4.74 Å². The van der Waals surface area contributed by atoms with Crippen molar-refractivity contribution in [1.82, 2.24) is 4.98 Å². The van der Waals surface area contributed by atoms with E-state index >= 15 is 0 Å². The summed E-state index contributed by atoms with van der Waals surface area (Å²) in [5.74, 6) is 0. The Morgan fingerprint density at radius 2 is 2.33 bits per heavy atom. The van der Waals surface area contributed by atoms with E-state index in [1.165, 1.54) is 4.88 Å². The SMILES string of the molecule is Bc1nc(OC)sc1C. The highest BCUT2D eigenvalue weighted by Gasteiger charge is 2.00. The fraction of sp³-hybridized carbons (Fsp3) is 0.400. The van der Waals surface area contributed by atoms with Crippen LogP contribution in [0.3, 0.4) is 0 Å². The Labute approximate surface area is 59.3 Å². The van der Waals surface area contributed by atoms with Crippen LogP contribution >= 0.6 is 11.3 Å². The maximum absolute atomic E-state index is 4.92. The minimum Gasteiger partial charge on any atom is -0.473 e. The van der Waals surface area contributed by atoms with Crippen LogP contribution in [0.2, 0.25) is 0 Å². The van der Waals surface area contributed by atoms with Gasteiger partial charge in [-0.15, -0.1) is 0 Å². The first-order valence-corrected chi connectivity index (χ1v) is 3.53. The third kappa shape index (κ3) is 1.24. The molecule has 1 aromatic rings. The first-order chi connectivity index (χ1) is 4.24. The molecule has 0 saturated carbocycles. The maximum atomic E-state index is 4.92. The van der Waals surface area contributed by atoms with E-state index in [9.17, 15) is 0 Å². The molecule has 0 amide bonds. The van der Waals surface area contributed by atoms with Crippen molar-refractivity contribution in [1.29, 1.82) is 0 Å². The molecule has 0 aliphatic heterocycles. The molecule has 1 rings (SSSR count). The Kier molecular flexibility index (Phi) is 1.76. The first kappa shape index (κ1) is 6.61. The van der Waals surface area contributed by atoms with Crippen molar-refractivity contribution < 1.29 is 4.74 Å². The summed E-state index contributed by atoms with van der Waals surface area (Å²) in [4.78, 5) is 5.35. The molecule has 2 nitrogen and oxygen atoms in total. The van der Waals surface area contributed by atoms with Crippen molar-refractivity contribution in [3.05, 3.63) is 4.88 Å². The van der Waals surface area contributed by atoms with Gasteiger partial charge in [0.25, 0.3) is 5.19 Å². The fourth-order valence-corrected chi connectivity index (χ4v) is 1.25. The number of rotatable bonds is 1. The summed E-state index contributed by atoms with van der Waals surface area (Å²) in [5, 5.41) is 0.755. The van der Waals surface area contributed by atoms with Gasteiger partial charge in [-0.3, -0.25) is 0 Å². The minimum atomic E-state index is 0.755. The first-order valence-electron chi connectivity index (χ1n) is 2.72. The third-order valence-electron chi connectivity index (χ3n) is 1.18. The second kappa shape index (κ2) is 2.39. The zero-order valence-electron chi connectivity index (χ0n) is 5.76. The molecule has 4 heteroatoms. The zero-order chi connectivity index (χ0) is 6.85. The predicted octanol–water partition coefficient (Wildman–Crippen LogP) is -0.281. The Morgan fingerprint density at radius 1 is 1.67 bits per heavy atom. The fourth-order valence-electron chi connectivity index (χ4n) is 0.531. The summed E-state index contributed by atoms with van der Waals surface area (Å²) in [6.45, 7) is 2.04. The highest BCUT2D eigenvalue weighted by atomic mass is 32.1. The largest absolute Gasteiger partial charge is 0.473 e. The number of hydrogen-bond acceptors (Lipinski definition) is 3. The lowest BCUT2D eigenvalue weighted by atomic mass is 10.0. The van der Waals surface area contributed by atoms with Gasteiger partial charge in [-0.2, -0.15) is 0 Å². The molecule has 9 heavy (non-hydrogen) atoms. The molecule has 0 fully saturated rings. The van der Waals surface area contributed by atoms with Crippen LogP contribution in [-0.4, -0.2) is 19.9 Å². The van der Waals surface area contributed by atoms with Crippen LogP contribution in [-0.2, 0) is 0 Å². The summed E-state index contributed by atoms with van der Waals surface area (Å²) in [6.07, 6.45) is 0. The summed E-state index contributed by atoms with van der Waals surface area (Å²) >= 11 is 1.58. The smallest absolute Gasteiger partial charge is 0.272 e. The lowest BCUT2D eigenvalue weighted by Crippen LogP contribution is -2.05. The molecule has 1 aromatic heterocycles. The molecule has 0 radical (unpaired) electrons. The molecule has 0 unspecified atom stereocenters. The van der Waals surface area contributed by atoms with Crippen LogP contribution in [0.25, 0.3) is 0 Å². The van der Waals surface area contributed by atoms with Crippen molar-refractivity contribution in [2.45, 2.75) is 6.92 Å². The van der Waals surface area contributed by atoms with Gasteiger partial charge in [0.05, 0.1) is 7.11 Å². The molecule has 0 aliphatic carbocycles. The molecule has 0 spiro atoms. The van der Waals surface area contributed by atoms with Crippen LogP contribution in [0.4, 0.5) is 0 Å². The van der Waals surface area contributed by atoms with Crippen LogP contribution in [0.5, 0.6) is 5.19 Å². The van der Waals surface area contributed by atoms with Gasteiger partial charge in [-0.05, 0) is 6.92 Å². The Balaban J connectivity index is 2.98. The average Bonchev–Trinajstić information content (AvgIpc) is 2.13. The van der Waals surface area contributed by atoms with Crippen LogP contribution in [0.15, 0.2) is 0 Å². The van der Waals surface area contributed by atoms with Crippen molar-refractivity contribution in [3.8, 4) is 5.19 Å².